The average Bonchev–Trinajstić information content (AvgIpc) is 3.50. The second kappa shape index (κ2) is 13.3. The largest absolute Gasteiger partial charge is 0.481 e. The molecule has 1 amide bonds. The summed E-state index contributed by atoms with van der Waals surface area (Å²) >= 11 is 0. The highest BCUT2D eigenvalue weighted by molar-refractivity contribution is 7.91. The van der Waals surface area contributed by atoms with Gasteiger partial charge in [0.2, 0.25) is 5.91 Å². The molecule has 4 saturated carbocycles. The van der Waals surface area contributed by atoms with Gasteiger partial charge in [0.15, 0.2) is 9.84 Å². The van der Waals surface area contributed by atoms with Crippen molar-refractivity contribution in [2.45, 2.75) is 119 Å². The van der Waals surface area contributed by atoms with Crippen LogP contribution in [0.1, 0.15) is 119 Å². The highest BCUT2D eigenvalue weighted by atomic mass is 32.2. The third kappa shape index (κ3) is 5.88. The van der Waals surface area contributed by atoms with Crippen molar-refractivity contribution >= 4 is 21.7 Å². The molecule has 2 N–H and O–H groups in total. The minimum atomic E-state index is -2.93. The monoisotopic (exact) mass is 754 g/mol. The summed E-state index contributed by atoms with van der Waals surface area (Å²) in [6.07, 6.45) is 15.4. The molecule has 3 unspecified atom stereocenters. The third-order valence-corrected chi connectivity index (χ3v) is 19.5. The number of hydrogen-bond donors (Lipinski definition) is 2. The van der Waals surface area contributed by atoms with Crippen molar-refractivity contribution in [3.8, 4) is 0 Å². The lowest BCUT2D eigenvalue weighted by atomic mass is 9.32. The molecule has 6 aliphatic carbocycles. The zero-order valence-corrected chi connectivity index (χ0v) is 34.3. The van der Waals surface area contributed by atoms with Gasteiger partial charge in [0.05, 0.1) is 22.3 Å². The van der Waals surface area contributed by atoms with Crippen LogP contribution in [-0.4, -0.2) is 74.7 Å². The van der Waals surface area contributed by atoms with Crippen molar-refractivity contribution < 1.29 is 27.5 Å². The number of aliphatic carboxylic acids is 1. The van der Waals surface area contributed by atoms with E-state index >= 15 is 0 Å². The molecular formula is C44H67FN2O5S. The lowest BCUT2D eigenvalue weighted by Crippen LogP contribution is -2.66. The van der Waals surface area contributed by atoms with Crippen molar-refractivity contribution in [1.82, 2.24) is 10.2 Å². The fraction of sp³-hybridized carbons (Fsp3) is 0.818. The number of carbonyl (C=O) groups excluding carboxylic acids is 1. The fourth-order valence-corrected chi connectivity index (χ4v) is 16.0. The minimum Gasteiger partial charge on any atom is -0.481 e. The number of nitrogens with one attached hydrogen (secondary N) is 1. The standard InChI is InChI=1S/C44H67FN2O5S/c1-29(2)31-12-19-44(37(48)46-22-23-47-24-26-53(51,52)27-25-47)21-20-41(6)33(36(31)44)8-9-35-40(5)15-13-32(39(3,4)34(40)14-16-42(35,41)7)30-10-17-43(28-45,18-11-30)38(49)50/h10,13,31,33-36H,1,8-9,11-12,14-28H2,2-7H3,(H,46,48)(H,49,50)/t31-,33+,34?,35?,36?,40-,41+,42+,43+,44-/m0/s1. The molecule has 0 bridgehead atoms. The molecule has 10 atom stereocenters. The van der Waals surface area contributed by atoms with Crippen LogP contribution in [0.25, 0.3) is 0 Å². The van der Waals surface area contributed by atoms with Gasteiger partial charge < -0.3 is 10.4 Å². The van der Waals surface area contributed by atoms with Crippen LogP contribution in [0, 0.1) is 62.1 Å². The van der Waals surface area contributed by atoms with Gasteiger partial charge in [-0.15, -0.1) is 0 Å². The van der Waals surface area contributed by atoms with Gasteiger partial charge in [0.1, 0.15) is 6.67 Å². The SMILES string of the molecule is C=C(C)[C@@H]1CC[C@]2(C(=O)NCCN3CCS(=O)(=O)CC3)CC[C@]3(C)[C@H](CCC4[C@@]5(C)CC=C(C6=CC[C@@](CF)(C(=O)O)CC6)C(C)(C)C5CC[C@]43C)C12. The lowest BCUT2D eigenvalue weighted by molar-refractivity contribution is -0.226. The molecule has 7 aliphatic rings. The molecule has 0 radical (unpaired) electrons. The van der Waals surface area contributed by atoms with Crippen LogP contribution in [0.15, 0.2) is 35.5 Å². The van der Waals surface area contributed by atoms with E-state index in [1.807, 2.05) is 0 Å². The van der Waals surface area contributed by atoms with E-state index in [1.54, 1.807) is 0 Å². The molecule has 53 heavy (non-hydrogen) atoms. The highest BCUT2D eigenvalue weighted by Gasteiger charge is 2.71. The van der Waals surface area contributed by atoms with E-state index < -0.39 is 27.9 Å². The predicted octanol–water partition coefficient (Wildman–Crippen LogP) is 8.18. The van der Waals surface area contributed by atoms with Gasteiger partial charge in [-0.2, -0.15) is 0 Å². The van der Waals surface area contributed by atoms with Crippen LogP contribution in [0.5, 0.6) is 0 Å². The number of hydrogen-bond acceptors (Lipinski definition) is 5. The molecule has 7 rings (SSSR count). The van der Waals surface area contributed by atoms with Gasteiger partial charge >= 0.3 is 5.97 Å². The van der Waals surface area contributed by atoms with Crippen LogP contribution in [0.4, 0.5) is 4.39 Å². The van der Waals surface area contributed by atoms with E-state index in [-0.39, 0.29) is 56.8 Å². The Morgan fingerprint density at radius 2 is 1.64 bits per heavy atom. The van der Waals surface area contributed by atoms with E-state index in [0.717, 1.165) is 44.9 Å². The predicted molar refractivity (Wildman–Crippen MR) is 209 cm³/mol. The summed E-state index contributed by atoms with van der Waals surface area (Å²) in [5.74, 6) is 1.78. The lowest BCUT2D eigenvalue weighted by Gasteiger charge is -2.72. The second-order valence-electron chi connectivity index (χ2n) is 20.3. The maximum atomic E-state index is 14.5. The van der Waals surface area contributed by atoms with Gasteiger partial charge in [0.25, 0.3) is 0 Å². The summed E-state index contributed by atoms with van der Waals surface area (Å²) in [7, 11) is -2.93. The average molecular weight is 755 g/mol. The summed E-state index contributed by atoms with van der Waals surface area (Å²) in [5.41, 5.74) is 2.52. The van der Waals surface area contributed by atoms with E-state index in [9.17, 15) is 27.5 Å². The Labute approximate surface area is 319 Å². The van der Waals surface area contributed by atoms with E-state index in [2.05, 4.69) is 70.5 Å². The fourth-order valence-electron chi connectivity index (χ4n) is 14.7. The van der Waals surface area contributed by atoms with Crippen molar-refractivity contribution in [2.75, 3.05) is 44.4 Å². The maximum absolute atomic E-state index is 14.5. The van der Waals surface area contributed by atoms with Gasteiger partial charge in [-0.05, 0) is 146 Å². The van der Waals surface area contributed by atoms with Crippen LogP contribution >= 0.6 is 0 Å². The second-order valence-corrected chi connectivity index (χ2v) is 22.6. The zero-order chi connectivity index (χ0) is 38.4. The van der Waals surface area contributed by atoms with Gasteiger partial charge in [-0.1, -0.05) is 58.9 Å². The third-order valence-electron chi connectivity index (χ3n) is 17.9. The van der Waals surface area contributed by atoms with Crippen molar-refractivity contribution in [3.63, 3.8) is 0 Å². The topological polar surface area (TPSA) is 104 Å². The molecule has 0 aromatic rings. The number of carboxylic acid groups (broad SMARTS) is 1. The molecule has 296 valence electrons. The molecule has 9 heteroatoms. The van der Waals surface area contributed by atoms with Crippen molar-refractivity contribution in [2.24, 2.45) is 62.1 Å². The van der Waals surface area contributed by atoms with Gasteiger partial charge in [0, 0.05) is 26.2 Å². The number of alkyl halides is 1. The summed E-state index contributed by atoms with van der Waals surface area (Å²) < 4.78 is 37.9. The smallest absolute Gasteiger partial charge is 0.312 e. The molecule has 5 fully saturated rings. The van der Waals surface area contributed by atoms with Crippen molar-refractivity contribution in [1.29, 1.82) is 0 Å². The molecule has 1 saturated heterocycles. The van der Waals surface area contributed by atoms with Crippen LogP contribution in [0.3, 0.4) is 0 Å². The molecule has 0 aromatic carbocycles. The Morgan fingerprint density at radius 1 is 0.925 bits per heavy atom. The maximum Gasteiger partial charge on any atom is 0.312 e. The number of rotatable bonds is 8. The molecule has 1 aliphatic heterocycles. The molecule has 0 spiro atoms. The number of allylic oxidation sites excluding steroid dienone is 5. The number of fused-ring (bicyclic) bond motifs is 7. The first-order valence-corrected chi connectivity index (χ1v) is 22.7. The minimum absolute atomic E-state index is 0.0599. The summed E-state index contributed by atoms with van der Waals surface area (Å²) in [6.45, 7) is 20.9. The first kappa shape index (κ1) is 39.2. The Morgan fingerprint density at radius 3 is 2.26 bits per heavy atom. The summed E-state index contributed by atoms with van der Waals surface area (Å²) in [4.78, 5) is 28.7. The summed E-state index contributed by atoms with van der Waals surface area (Å²) in [6, 6.07) is 0. The quantitative estimate of drug-likeness (QED) is 0.243. The zero-order valence-electron chi connectivity index (χ0n) is 33.5. The number of sulfone groups is 1. The van der Waals surface area contributed by atoms with E-state index in [4.69, 9.17) is 0 Å². The first-order valence-electron chi connectivity index (χ1n) is 20.9. The number of carboxylic acids is 1. The Kier molecular flexibility index (Phi) is 9.85. The Hall–Kier alpha value is -2.00. The van der Waals surface area contributed by atoms with E-state index in [1.165, 1.54) is 29.6 Å². The van der Waals surface area contributed by atoms with Crippen LogP contribution in [0.2, 0.25) is 0 Å². The Balaban J connectivity index is 1.13. The molecule has 7 nitrogen and oxygen atoms in total. The number of amides is 1. The molecule has 0 aromatic heterocycles. The summed E-state index contributed by atoms with van der Waals surface area (Å²) in [5, 5.41) is 13.2. The van der Waals surface area contributed by atoms with Crippen molar-refractivity contribution in [3.05, 3.63) is 35.5 Å². The first-order chi connectivity index (χ1) is 24.8. The van der Waals surface area contributed by atoms with Gasteiger partial charge in [-0.25, -0.2) is 12.8 Å². The molecule has 1 heterocycles. The Bertz CT molecular complexity index is 1690. The number of nitrogens with zero attached hydrogens (tertiary/aromatic N) is 1. The molecular weight excluding hydrogens is 688 g/mol. The van der Waals surface area contributed by atoms with Crippen LogP contribution < -0.4 is 5.32 Å². The highest BCUT2D eigenvalue weighted by Crippen LogP contribution is 2.77. The van der Waals surface area contributed by atoms with Crippen LogP contribution in [-0.2, 0) is 19.4 Å². The number of carbonyl (C=O) groups is 2. The van der Waals surface area contributed by atoms with Gasteiger partial charge in [-0.3, -0.25) is 14.5 Å². The van der Waals surface area contributed by atoms with E-state index in [0.29, 0.717) is 62.7 Å². The number of halogens is 1. The normalized spacial score (nSPS) is 44.6.